The molecule has 1 amide bonds. The van der Waals surface area contributed by atoms with Gasteiger partial charge in [0.25, 0.3) is 5.91 Å². The van der Waals surface area contributed by atoms with Crippen LogP contribution in [0.25, 0.3) is 10.8 Å². The van der Waals surface area contributed by atoms with Crippen LogP contribution >= 0.6 is 0 Å². The predicted molar refractivity (Wildman–Crippen MR) is 80.9 cm³/mol. The molecule has 3 rings (SSSR count). The van der Waals surface area contributed by atoms with Crippen molar-refractivity contribution in [3.8, 4) is 6.07 Å². The molecular formula is C17H11N3O. The monoisotopic (exact) mass is 273 g/mol. The highest BCUT2D eigenvalue weighted by molar-refractivity contribution is 6.04. The molecule has 1 N–H and O–H groups in total. The molecule has 100 valence electrons. The molecule has 0 bridgehead atoms. The van der Waals surface area contributed by atoms with Crippen molar-refractivity contribution in [2.24, 2.45) is 0 Å². The first-order valence-corrected chi connectivity index (χ1v) is 6.42. The second-order valence-electron chi connectivity index (χ2n) is 4.56. The Hall–Kier alpha value is -3.19. The molecule has 0 saturated heterocycles. The Morgan fingerprint density at radius 1 is 1.05 bits per heavy atom. The Labute approximate surface area is 121 Å². The topological polar surface area (TPSA) is 65.8 Å². The second kappa shape index (κ2) is 5.43. The van der Waals surface area contributed by atoms with Crippen molar-refractivity contribution in [2.45, 2.75) is 0 Å². The number of anilines is 1. The van der Waals surface area contributed by atoms with Crippen molar-refractivity contribution >= 4 is 22.4 Å². The number of carbonyl (C=O) groups is 1. The van der Waals surface area contributed by atoms with Crippen LogP contribution in [0.4, 0.5) is 5.69 Å². The van der Waals surface area contributed by atoms with Crippen LogP contribution in [0.3, 0.4) is 0 Å². The molecule has 0 spiro atoms. The summed E-state index contributed by atoms with van der Waals surface area (Å²) in [5.74, 6) is -0.296. The number of nitriles is 1. The van der Waals surface area contributed by atoms with Crippen LogP contribution in [0.1, 0.15) is 16.1 Å². The van der Waals surface area contributed by atoms with Crippen LogP contribution in [0, 0.1) is 11.3 Å². The highest BCUT2D eigenvalue weighted by Gasteiger charge is 2.08. The number of carbonyl (C=O) groups excluding carboxylic acids is 1. The molecule has 21 heavy (non-hydrogen) atoms. The second-order valence-corrected chi connectivity index (χ2v) is 4.56. The van der Waals surface area contributed by atoms with Crippen molar-refractivity contribution in [3.05, 3.63) is 72.1 Å². The summed E-state index contributed by atoms with van der Waals surface area (Å²) in [4.78, 5) is 16.4. The lowest BCUT2D eigenvalue weighted by atomic mass is 10.1. The van der Waals surface area contributed by atoms with E-state index in [1.54, 1.807) is 36.5 Å². The summed E-state index contributed by atoms with van der Waals surface area (Å²) < 4.78 is 0. The quantitative estimate of drug-likeness (QED) is 0.778. The van der Waals surface area contributed by atoms with Crippen molar-refractivity contribution < 1.29 is 4.79 Å². The highest BCUT2D eigenvalue weighted by Crippen LogP contribution is 2.15. The van der Waals surface area contributed by atoms with E-state index in [0.717, 1.165) is 10.8 Å². The van der Waals surface area contributed by atoms with Crippen molar-refractivity contribution in [2.75, 3.05) is 5.32 Å². The number of fused-ring (bicyclic) bond motifs is 1. The summed E-state index contributed by atoms with van der Waals surface area (Å²) in [6, 6.07) is 18.3. The van der Waals surface area contributed by atoms with E-state index in [-0.39, 0.29) is 5.91 Å². The maximum Gasteiger partial charge on any atom is 0.274 e. The van der Waals surface area contributed by atoms with E-state index in [0.29, 0.717) is 16.9 Å². The van der Waals surface area contributed by atoms with Crippen LogP contribution in [0.5, 0.6) is 0 Å². The summed E-state index contributed by atoms with van der Waals surface area (Å²) in [6.45, 7) is 0. The summed E-state index contributed by atoms with van der Waals surface area (Å²) in [6.07, 6.45) is 1.68. The summed E-state index contributed by atoms with van der Waals surface area (Å²) >= 11 is 0. The smallest absolute Gasteiger partial charge is 0.274 e. The average molecular weight is 273 g/mol. The zero-order chi connectivity index (χ0) is 14.7. The molecule has 0 unspecified atom stereocenters. The first-order chi connectivity index (χ1) is 10.3. The molecule has 0 aliphatic heterocycles. The van der Waals surface area contributed by atoms with Gasteiger partial charge in [0, 0.05) is 17.3 Å². The standard InChI is InChI=1S/C17H11N3O/c18-10-12-4-3-7-15(8-12)20-17(21)16-9-13-5-1-2-6-14(13)11-19-16/h1-9,11H,(H,20,21). The Balaban J connectivity index is 1.88. The summed E-state index contributed by atoms with van der Waals surface area (Å²) in [7, 11) is 0. The van der Waals surface area contributed by atoms with Gasteiger partial charge in [-0.05, 0) is 29.7 Å². The number of rotatable bonds is 2. The first kappa shape index (κ1) is 12.8. The molecule has 4 nitrogen and oxygen atoms in total. The van der Waals surface area contributed by atoms with Gasteiger partial charge < -0.3 is 5.32 Å². The van der Waals surface area contributed by atoms with Gasteiger partial charge in [-0.3, -0.25) is 9.78 Å². The minimum absolute atomic E-state index is 0.296. The zero-order valence-corrected chi connectivity index (χ0v) is 11.1. The lowest BCUT2D eigenvalue weighted by Crippen LogP contribution is -2.13. The number of benzene rings is 2. The van der Waals surface area contributed by atoms with Crippen LogP contribution in [-0.2, 0) is 0 Å². The fourth-order valence-electron chi connectivity index (χ4n) is 2.07. The third kappa shape index (κ3) is 2.72. The van der Waals surface area contributed by atoms with E-state index in [2.05, 4.69) is 10.3 Å². The minimum Gasteiger partial charge on any atom is -0.321 e. The van der Waals surface area contributed by atoms with E-state index in [1.165, 1.54) is 0 Å². The van der Waals surface area contributed by atoms with Gasteiger partial charge in [0.05, 0.1) is 11.6 Å². The van der Waals surface area contributed by atoms with Crippen LogP contribution < -0.4 is 5.32 Å². The van der Waals surface area contributed by atoms with Crippen LogP contribution in [0.15, 0.2) is 60.8 Å². The number of nitrogens with zero attached hydrogens (tertiary/aromatic N) is 2. The van der Waals surface area contributed by atoms with Crippen molar-refractivity contribution in [1.82, 2.24) is 4.98 Å². The molecule has 0 aliphatic rings. The molecular weight excluding hydrogens is 262 g/mol. The van der Waals surface area contributed by atoms with Gasteiger partial charge in [0.2, 0.25) is 0 Å². The van der Waals surface area contributed by atoms with E-state index in [1.807, 2.05) is 30.3 Å². The molecule has 0 fully saturated rings. The molecule has 0 aliphatic carbocycles. The van der Waals surface area contributed by atoms with Crippen LogP contribution in [-0.4, -0.2) is 10.9 Å². The van der Waals surface area contributed by atoms with E-state index in [4.69, 9.17) is 5.26 Å². The van der Waals surface area contributed by atoms with E-state index < -0.39 is 0 Å². The normalized spacial score (nSPS) is 10.0. The molecule has 0 atom stereocenters. The molecule has 3 aromatic rings. The third-order valence-electron chi connectivity index (χ3n) is 3.11. The lowest BCUT2D eigenvalue weighted by Gasteiger charge is -2.06. The molecule has 0 radical (unpaired) electrons. The molecule has 1 heterocycles. The number of aromatic nitrogens is 1. The molecule has 2 aromatic carbocycles. The molecule has 1 aromatic heterocycles. The van der Waals surface area contributed by atoms with Gasteiger partial charge in [0.1, 0.15) is 5.69 Å². The van der Waals surface area contributed by atoms with E-state index >= 15 is 0 Å². The van der Waals surface area contributed by atoms with Crippen molar-refractivity contribution in [1.29, 1.82) is 5.26 Å². The van der Waals surface area contributed by atoms with Gasteiger partial charge in [-0.15, -0.1) is 0 Å². The Morgan fingerprint density at radius 3 is 2.67 bits per heavy atom. The average Bonchev–Trinajstić information content (AvgIpc) is 2.54. The number of amides is 1. The van der Waals surface area contributed by atoms with E-state index in [9.17, 15) is 4.79 Å². The largest absolute Gasteiger partial charge is 0.321 e. The Morgan fingerprint density at radius 2 is 1.86 bits per heavy atom. The number of hydrogen-bond acceptors (Lipinski definition) is 3. The molecule has 4 heteroatoms. The zero-order valence-electron chi connectivity index (χ0n) is 11.1. The maximum atomic E-state index is 12.2. The first-order valence-electron chi connectivity index (χ1n) is 6.42. The fourth-order valence-corrected chi connectivity index (χ4v) is 2.07. The predicted octanol–water partition coefficient (Wildman–Crippen LogP) is 3.36. The highest BCUT2D eigenvalue weighted by atomic mass is 16.1. The number of nitrogens with one attached hydrogen (secondary N) is 1. The minimum atomic E-state index is -0.296. The van der Waals surface area contributed by atoms with Crippen LogP contribution in [0.2, 0.25) is 0 Å². The van der Waals surface area contributed by atoms with Gasteiger partial charge >= 0.3 is 0 Å². The van der Waals surface area contributed by atoms with Crippen molar-refractivity contribution in [3.63, 3.8) is 0 Å². The van der Waals surface area contributed by atoms with Gasteiger partial charge in [0.15, 0.2) is 0 Å². The molecule has 0 saturated carbocycles. The number of pyridine rings is 1. The third-order valence-corrected chi connectivity index (χ3v) is 3.11. The summed E-state index contributed by atoms with van der Waals surface area (Å²) in [5, 5.41) is 13.5. The maximum absolute atomic E-state index is 12.2. The lowest BCUT2D eigenvalue weighted by molar-refractivity contribution is 0.102. The fraction of sp³-hybridized carbons (Fsp3) is 0. The SMILES string of the molecule is N#Cc1cccc(NC(=O)c2cc3ccccc3cn2)c1. The van der Waals surface area contributed by atoms with Gasteiger partial charge in [-0.2, -0.15) is 5.26 Å². The summed E-state index contributed by atoms with van der Waals surface area (Å²) in [5.41, 5.74) is 1.42. The van der Waals surface area contributed by atoms with Gasteiger partial charge in [-0.25, -0.2) is 0 Å². The van der Waals surface area contributed by atoms with Gasteiger partial charge in [-0.1, -0.05) is 30.3 Å². The Bertz CT molecular complexity index is 865. The number of hydrogen-bond donors (Lipinski definition) is 1. The Kier molecular flexibility index (Phi) is 3.32.